The number of carbonyl (C=O) groups is 1. The third-order valence-corrected chi connectivity index (χ3v) is 5.59. The molecule has 1 amide bonds. The normalized spacial score (nSPS) is 10.9. The van der Waals surface area contributed by atoms with Crippen LogP contribution in [0.2, 0.25) is 0 Å². The number of nitrogens with one attached hydrogen (secondary N) is 1. The molecule has 9 heteroatoms. The monoisotopic (exact) mass is 403 g/mol. The summed E-state index contributed by atoms with van der Waals surface area (Å²) >= 11 is 2.86. The summed E-state index contributed by atoms with van der Waals surface area (Å²) in [7, 11) is 0. The summed E-state index contributed by atoms with van der Waals surface area (Å²) in [5, 5.41) is 8.40. The Morgan fingerprint density at radius 1 is 1.07 bits per heavy atom. The van der Waals surface area contributed by atoms with Gasteiger partial charge in [-0.3, -0.25) is 4.79 Å². The Kier molecular flexibility index (Phi) is 4.78. The van der Waals surface area contributed by atoms with Crippen molar-refractivity contribution in [2.45, 2.75) is 6.54 Å². The Morgan fingerprint density at radius 3 is 2.63 bits per heavy atom. The number of aromatic nitrogens is 2. The molecular weight excluding hydrogens is 392 g/mol. The summed E-state index contributed by atoms with van der Waals surface area (Å²) in [6, 6.07) is 10.7. The number of benzene rings is 1. The minimum absolute atomic E-state index is 0.128. The Bertz CT molecular complexity index is 1070. The second-order valence-electron chi connectivity index (χ2n) is 5.45. The highest BCUT2D eigenvalue weighted by Gasteiger charge is 2.17. The summed E-state index contributed by atoms with van der Waals surface area (Å²) in [6.07, 6.45) is 0. The van der Waals surface area contributed by atoms with Gasteiger partial charge >= 0.3 is 0 Å². The molecule has 3 aromatic heterocycles. The van der Waals surface area contributed by atoms with E-state index in [0.29, 0.717) is 11.7 Å². The predicted molar refractivity (Wildman–Crippen MR) is 98.5 cm³/mol. The van der Waals surface area contributed by atoms with E-state index in [1.54, 1.807) is 12.1 Å². The first-order valence-corrected chi connectivity index (χ1v) is 9.50. The van der Waals surface area contributed by atoms with Crippen molar-refractivity contribution in [2.24, 2.45) is 0 Å². The van der Waals surface area contributed by atoms with Gasteiger partial charge in [-0.15, -0.1) is 22.7 Å². The number of rotatable bonds is 5. The second kappa shape index (κ2) is 7.37. The molecule has 4 rings (SSSR count). The number of thiophene rings is 2. The Hall–Kier alpha value is -2.91. The first-order valence-electron chi connectivity index (χ1n) is 7.80. The van der Waals surface area contributed by atoms with E-state index in [1.807, 2.05) is 17.5 Å². The van der Waals surface area contributed by atoms with Crippen LogP contribution in [0.4, 0.5) is 8.78 Å². The van der Waals surface area contributed by atoms with Crippen molar-refractivity contribution in [3.05, 3.63) is 69.9 Å². The van der Waals surface area contributed by atoms with Gasteiger partial charge < -0.3 is 9.84 Å². The molecule has 0 saturated carbocycles. The molecule has 0 atom stereocenters. The van der Waals surface area contributed by atoms with Crippen LogP contribution in [0.3, 0.4) is 0 Å². The number of amides is 1. The van der Waals surface area contributed by atoms with E-state index >= 15 is 0 Å². The molecule has 0 unspecified atom stereocenters. The highest BCUT2D eigenvalue weighted by atomic mass is 32.1. The standard InChI is InChI=1S/C18H11F2N3O2S2/c19-11-3-1-4-12(20)15(11)17(24)21-9-10-6-7-14(27-10)18-22-16(23-25-18)13-5-2-8-26-13/h1-8H,9H2,(H,21,24). The molecular formula is C18H11F2N3O2S2. The van der Waals surface area contributed by atoms with Crippen LogP contribution in [-0.2, 0) is 6.54 Å². The van der Waals surface area contributed by atoms with Gasteiger partial charge in [-0.05, 0) is 35.7 Å². The van der Waals surface area contributed by atoms with Gasteiger partial charge in [-0.1, -0.05) is 17.3 Å². The molecule has 0 fully saturated rings. The Morgan fingerprint density at radius 2 is 1.89 bits per heavy atom. The minimum Gasteiger partial charge on any atom is -0.347 e. The first kappa shape index (κ1) is 17.5. The fourth-order valence-corrected chi connectivity index (χ4v) is 3.91. The number of hydrogen-bond acceptors (Lipinski definition) is 6. The van der Waals surface area contributed by atoms with Crippen LogP contribution in [0, 0.1) is 11.6 Å². The largest absolute Gasteiger partial charge is 0.347 e. The Balaban J connectivity index is 1.45. The lowest BCUT2D eigenvalue weighted by Crippen LogP contribution is -2.24. The third kappa shape index (κ3) is 3.64. The molecule has 136 valence electrons. The average molecular weight is 403 g/mol. The summed E-state index contributed by atoms with van der Waals surface area (Å²) in [5.74, 6) is -1.71. The quantitative estimate of drug-likeness (QED) is 0.523. The van der Waals surface area contributed by atoms with Gasteiger partial charge in [-0.25, -0.2) is 8.78 Å². The lowest BCUT2D eigenvalue weighted by atomic mass is 10.2. The van der Waals surface area contributed by atoms with Crippen molar-refractivity contribution < 1.29 is 18.1 Å². The van der Waals surface area contributed by atoms with Crippen LogP contribution in [0.5, 0.6) is 0 Å². The van der Waals surface area contributed by atoms with E-state index in [1.165, 1.54) is 28.7 Å². The van der Waals surface area contributed by atoms with E-state index in [0.717, 1.165) is 26.8 Å². The number of halogens is 2. The maximum Gasteiger partial charge on any atom is 0.268 e. The van der Waals surface area contributed by atoms with E-state index in [2.05, 4.69) is 15.5 Å². The lowest BCUT2D eigenvalue weighted by molar-refractivity contribution is 0.0943. The molecule has 0 bridgehead atoms. The topological polar surface area (TPSA) is 68.0 Å². The van der Waals surface area contributed by atoms with Crippen LogP contribution in [-0.4, -0.2) is 16.0 Å². The molecule has 27 heavy (non-hydrogen) atoms. The molecule has 0 aliphatic carbocycles. The van der Waals surface area contributed by atoms with Crippen LogP contribution >= 0.6 is 22.7 Å². The molecule has 1 N–H and O–H groups in total. The van der Waals surface area contributed by atoms with Crippen LogP contribution in [0.15, 0.2) is 52.4 Å². The maximum absolute atomic E-state index is 13.6. The van der Waals surface area contributed by atoms with Gasteiger partial charge in [0.1, 0.15) is 17.2 Å². The molecule has 3 heterocycles. The van der Waals surface area contributed by atoms with E-state index < -0.39 is 23.1 Å². The Labute approximate surface area is 160 Å². The third-order valence-electron chi connectivity index (χ3n) is 3.65. The van der Waals surface area contributed by atoms with Crippen molar-refractivity contribution >= 4 is 28.6 Å². The second-order valence-corrected chi connectivity index (χ2v) is 7.56. The van der Waals surface area contributed by atoms with Gasteiger partial charge in [0.15, 0.2) is 0 Å². The summed E-state index contributed by atoms with van der Waals surface area (Å²) < 4.78 is 32.6. The number of hydrogen-bond donors (Lipinski definition) is 1. The smallest absolute Gasteiger partial charge is 0.268 e. The van der Waals surface area contributed by atoms with Crippen molar-refractivity contribution in [1.82, 2.24) is 15.5 Å². The zero-order valence-corrected chi connectivity index (χ0v) is 15.2. The average Bonchev–Trinajstić information content (AvgIpc) is 3.39. The zero-order valence-electron chi connectivity index (χ0n) is 13.6. The fraction of sp³-hybridized carbons (Fsp3) is 0.0556. The fourth-order valence-electron chi connectivity index (χ4n) is 2.39. The van der Waals surface area contributed by atoms with Gasteiger partial charge in [0.25, 0.3) is 11.8 Å². The molecule has 0 saturated heterocycles. The molecule has 1 aromatic carbocycles. The van der Waals surface area contributed by atoms with Crippen LogP contribution in [0.1, 0.15) is 15.2 Å². The SMILES string of the molecule is O=C(NCc1ccc(-c2nc(-c3cccs3)no2)s1)c1c(F)cccc1F. The van der Waals surface area contributed by atoms with E-state index in [9.17, 15) is 13.6 Å². The van der Waals surface area contributed by atoms with Crippen molar-refractivity contribution in [3.63, 3.8) is 0 Å². The zero-order chi connectivity index (χ0) is 18.8. The van der Waals surface area contributed by atoms with Crippen molar-refractivity contribution in [1.29, 1.82) is 0 Å². The maximum atomic E-state index is 13.6. The van der Waals surface area contributed by atoms with Gasteiger partial charge in [0.05, 0.1) is 16.3 Å². The van der Waals surface area contributed by atoms with E-state index in [4.69, 9.17) is 4.52 Å². The predicted octanol–water partition coefficient (Wildman–Crippen LogP) is 4.73. The van der Waals surface area contributed by atoms with E-state index in [-0.39, 0.29) is 6.54 Å². The van der Waals surface area contributed by atoms with Crippen molar-refractivity contribution in [2.75, 3.05) is 0 Å². The molecule has 5 nitrogen and oxygen atoms in total. The van der Waals surface area contributed by atoms with Gasteiger partial charge in [0, 0.05) is 4.88 Å². The van der Waals surface area contributed by atoms with Gasteiger partial charge in [0.2, 0.25) is 5.82 Å². The molecule has 0 aliphatic rings. The molecule has 0 radical (unpaired) electrons. The minimum atomic E-state index is -0.897. The van der Waals surface area contributed by atoms with Crippen LogP contribution in [0.25, 0.3) is 21.5 Å². The number of nitrogens with zero attached hydrogens (tertiary/aromatic N) is 2. The van der Waals surface area contributed by atoms with Crippen LogP contribution < -0.4 is 5.32 Å². The van der Waals surface area contributed by atoms with Crippen molar-refractivity contribution in [3.8, 4) is 21.5 Å². The number of carbonyl (C=O) groups excluding carboxylic acids is 1. The molecule has 4 aromatic rings. The first-order chi connectivity index (χ1) is 13.1. The molecule has 0 aliphatic heterocycles. The summed E-state index contributed by atoms with van der Waals surface area (Å²) in [6.45, 7) is 0.128. The highest BCUT2D eigenvalue weighted by Crippen LogP contribution is 2.30. The van der Waals surface area contributed by atoms with Gasteiger partial charge in [-0.2, -0.15) is 4.98 Å². The molecule has 0 spiro atoms. The summed E-state index contributed by atoms with van der Waals surface area (Å²) in [5.41, 5.74) is -0.591. The summed E-state index contributed by atoms with van der Waals surface area (Å²) in [4.78, 5) is 18.8. The highest BCUT2D eigenvalue weighted by molar-refractivity contribution is 7.15. The lowest BCUT2D eigenvalue weighted by Gasteiger charge is -2.05.